The van der Waals surface area contributed by atoms with E-state index in [0.29, 0.717) is 6.04 Å². The fraction of sp³-hybridized carbons (Fsp3) is 0.750. The Balaban J connectivity index is 2.93. The fourth-order valence-electron chi connectivity index (χ4n) is 1.13. The van der Waals surface area contributed by atoms with Gasteiger partial charge in [0.2, 0.25) is 0 Å². The van der Waals surface area contributed by atoms with Crippen molar-refractivity contribution in [2.75, 3.05) is 0 Å². The molecule has 0 saturated heterocycles. The largest absolute Gasteiger partial charge is 0.247 e. The van der Waals surface area contributed by atoms with Crippen molar-refractivity contribution in [1.82, 2.24) is 14.8 Å². The van der Waals surface area contributed by atoms with E-state index in [4.69, 9.17) is 0 Å². The lowest BCUT2D eigenvalue weighted by atomic mass is 10.3. The van der Waals surface area contributed by atoms with E-state index in [1.165, 1.54) is 0 Å². The van der Waals surface area contributed by atoms with Crippen LogP contribution in [0.3, 0.4) is 0 Å². The Kier molecular flexibility index (Phi) is 2.27. The molecule has 3 heteroatoms. The van der Waals surface area contributed by atoms with Crippen LogP contribution in [0.2, 0.25) is 0 Å². The summed E-state index contributed by atoms with van der Waals surface area (Å²) in [4.78, 5) is 4.23. The topological polar surface area (TPSA) is 30.7 Å². The van der Waals surface area contributed by atoms with Crippen molar-refractivity contribution in [3.05, 3.63) is 11.6 Å². The van der Waals surface area contributed by atoms with E-state index in [1.54, 1.807) is 0 Å². The van der Waals surface area contributed by atoms with Gasteiger partial charge in [-0.3, -0.25) is 0 Å². The van der Waals surface area contributed by atoms with Gasteiger partial charge >= 0.3 is 0 Å². The second kappa shape index (κ2) is 3.03. The van der Waals surface area contributed by atoms with Crippen LogP contribution in [0.25, 0.3) is 0 Å². The second-order valence-electron chi connectivity index (χ2n) is 2.91. The normalized spacial score (nSPS) is 13.5. The average Bonchev–Trinajstić information content (AvgIpc) is 2.28. The molecule has 1 heterocycles. The predicted molar refractivity (Wildman–Crippen MR) is 44.5 cm³/mol. The zero-order valence-corrected chi connectivity index (χ0v) is 7.63. The molecule has 0 radical (unpaired) electrons. The number of hydrogen-bond acceptors (Lipinski definition) is 2. The van der Waals surface area contributed by atoms with Crippen molar-refractivity contribution in [2.45, 2.75) is 40.2 Å². The van der Waals surface area contributed by atoms with Crippen LogP contribution >= 0.6 is 0 Å². The van der Waals surface area contributed by atoms with Gasteiger partial charge in [0.15, 0.2) is 0 Å². The fourth-order valence-corrected chi connectivity index (χ4v) is 1.13. The van der Waals surface area contributed by atoms with Gasteiger partial charge in [-0.2, -0.15) is 5.10 Å². The minimum atomic E-state index is 0.469. The predicted octanol–water partition coefficient (Wildman–Crippen LogP) is 1.87. The van der Waals surface area contributed by atoms with Gasteiger partial charge in [-0.15, -0.1) is 0 Å². The van der Waals surface area contributed by atoms with E-state index in [0.717, 1.165) is 18.1 Å². The number of hydrogen-bond donors (Lipinski definition) is 0. The van der Waals surface area contributed by atoms with E-state index in [9.17, 15) is 0 Å². The van der Waals surface area contributed by atoms with Gasteiger partial charge in [0.05, 0.1) is 6.04 Å². The maximum absolute atomic E-state index is 4.29. The van der Waals surface area contributed by atoms with E-state index in [2.05, 4.69) is 23.9 Å². The monoisotopic (exact) mass is 153 g/mol. The first-order valence-electron chi connectivity index (χ1n) is 4.05. The Morgan fingerprint density at radius 3 is 2.45 bits per heavy atom. The number of aromatic nitrogens is 3. The van der Waals surface area contributed by atoms with Gasteiger partial charge in [-0.1, -0.05) is 6.92 Å². The molecule has 0 N–H and O–H groups in total. The standard InChI is InChI=1S/C8H15N3/c1-5-6(2)11-8(4)9-7(3)10-11/h6H,5H2,1-4H3. The highest BCUT2D eigenvalue weighted by molar-refractivity contribution is 4.89. The van der Waals surface area contributed by atoms with E-state index in [1.807, 2.05) is 18.5 Å². The number of nitrogens with zero attached hydrogens (tertiary/aromatic N) is 3. The summed E-state index contributed by atoms with van der Waals surface area (Å²) in [5, 5.41) is 4.29. The molecule has 1 atom stereocenters. The summed E-state index contributed by atoms with van der Waals surface area (Å²) < 4.78 is 1.98. The molecule has 0 amide bonds. The summed E-state index contributed by atoms with van der Waals surface area (Å²) in [7, 11) is 0. The highest BCUT2D eigenvalue weighted by atomic mass is 15.4. The van der Waals surface area contributed by atoms with Gasteiger partial charge < -0.3 is 0 Å². The Hall–Kier alpha value is -0.860. The molecule has 0 aliphatic rings. The quantitative estimate of drug-likeness (QED) is 0.649. The molecule has 0 saturated carbocycles. The van der Waals surface area contributed by atoms with Crippen LogP contribution in [0.1, 0.15) is 38.0 Å². The third kappa shape index (κ3) is 1.59. The Bertz CT molecular complexity index is 239. The Morgan fingerprint density at radius 1 is 1.45 bits per heavy atom. The van der Waals surface area contributed by atoms with Gasteiger partial charge in [0.1, 0.15) is 11.6 Å². The minimum absolute atomic E-state index is 0.469. The summed E-state index contributed by atoms with van der Waals surface area (Å²) in [6.45, 7) is 8.22. The van der Waals surface area contributed by atoms with Crippen molar-refractivity contribution < 1.29 is 0 Å². The van der Waals surface area contributed by atoms with Crippen LogP contribution in [0.15, 0.2) is 0 Å². The lowest BCUT2D eigenvalue weighted by molar-refractivity contribution is 0.463. The number of aryl methyl sites for hydroxylation is 2. The van der Waals surface area contributed by atoms with Crippen LogP contribution in [0.4, 0.5) is 0 Å². The smallest absolute Gasteiger partial charge is 0.147 e. The molecule has 0 bridgehead atoms. The second-order valence-corrected chi connectivity index (χ2v) is 2.91. The van der Waals surface area contributed by atoms with Crippen molar-refractivity contribution in [1.29, 1.82) is 0 Å². The summed E-state index contributed by atoms with van der Waals surface area (Å²) in [5.74, 6) is 1.87. The molecule has 11 heavy (non-hydrogen) atoms. The van der Waals surface area contributed by atoms with E-state index in [-0.39, 0.29) is 0 Å². The molecule has 1 rings (SSSR count). The zero-order valence-electron chi connectivity index (χ0n) is 7.63. The lowest BCUT2D eigenvalue weighted by Gasteiger charge is -2.09. The zero-order chi connectivity index (χ0) is 8.43. The molecule has 1 unspecified atom stereocenters. The average molecular weight is 153 g/mol. The molecular weight excluding hydrogens is 138 g/mol. The number of rotatable bonds is 2. The Labute approximate surface area is 67.4 Å². The molecule has 0 aliphatic heterocycles. The lowest BCUT2D eigenvalue weighted by Crippen LogP contribution is -2.07. The van der Waals surface area contributed by atoms with Crippen molar-refractivity contribution in [3.63, 3.8) is 0 Å². The van der Waals surface area contributed by atoms with Crippen LogP contribution < -0.4 is 0 Å². The summed E-state index contributed by atoms with van der Waals surface area (Å²) in [6, 6.07) is 0.469. The van der Waals surface area contributed by atoms with Gasteiger partial charge in [-0.05, 0) is 27.2 Å². The van der Waals surface area contributed by atoms with Crippen LogP contribution in [-0.2, 0) is 0 Å². The molecule has 0 aromatic carbocycles. The Morgan fingerprint density at radius 2 is 2.09 bits per heavy atom. The van der Waals surface area contributed by atoms with E-state index < -0.39 is 0 Å². The maximum atomic E-state index is 4.29. The molecule has 62 valence electrons. The summed E-state index contributed by atoms with van der Waals surface area (Å²) in [6.07, 6.45) is 1.10. The van der Waals surface area contributed by atoms with Crippen LogP contribution in [-0.4, -0.2) is 14.8 Å². The molecule has 1 aromatic heterocycles. The first-order chi connectivity index (χ1) is 5.15. The molecular formula is C8H15N3. The highest BCUT2D eigenvalue weighted by Gasteiger charge is 2.07. The molecule has 0 aliphatic carbocycles. The van der Waals surface area contributed by atoms with Crippen molar-refractivity contribution in [3.8, 4) is 0 Å². The van der Waals surface area contributed by atoms with E-state index >= 15 is 0 Å². The maximum Gasteiger partial charge on any atom is 0.147 e. The summed E-state index contributed by atoms with van der Waals surface area (Å²) in [5.41, 5.74) is 0. The first-order valence-corrected chi connectivity index (χ1v) is 4.05. The molecule has 0 fully saturated rings. The molecule has 3 nitrogen and oxygen atoms in total. The minimum Gasteiger partial charge on any atom is -0.247 e. The van der Waals surface area contributed by atoms with Crippen LogP contribution in [0, 0.1) is 13.8 Å². The van der Waals surface area contributed by atoms with Crippen LogP contribution in [0.5, 0.6) is 0 Å². The first kappa shape index (κ1) is 8.24. The van der Waals surface area contributed by atoms with Gasteiger partial charge in [0, 0.05) is 0 Å². The van der Waals surface area contributed by atoms with Gasteiger partial charge in [0.25, 0.3) is 0 Å². The van der Waals surface area contributed by atoms with Crippen molar-refractivity contribution >= 4 is 0 Å². The third-order valence-corrected chi connectivity index (χ3v) is 1.92. The molecule has 1 aromatic rings. The third-order valence-electron chi connectivity index (χ3n) is 1.92. The SMILES string of the molecule is CCC(C)n1nc(C)nc1C. The molecule has 0 spiro atoms. The highest BCUT2D eigenvalue weighted by Crippen LogP contribution is 2.10. The van der Waals surface area contributed by atoms with Gasteiger partial charge in [-0.25, -0.2) is 9.67 Å². The van der Waals surface area contributed by atoms with Crippen molar-refractivity contribution in [2.24, 2.45) is 0 Å². The summed E-state index contributed by atoms with van der Waals surface area (Å²) >= 11 is 0.